The van der Waals surface area contributed by atoms with Crippen molar-refractivity contribution in [3.63, 3.8) is 0 Å². The number of para-hydroxylation sites is 1. The van der Waals surface area contributed by atoms with Crippen molar-refractivity contribution in [1.82, 2.24) is 4.98 Å². The van der Waals surface area contributed by atoms with Crippen LogP contribution in [-0.2, 0) is 0 Å². The molecule has 0 unspecified atom stereocenters. The van der Waals surface area contributed by atoms with Gasteiger partial charge in [0.25, 0.3) is 0 Å². The highest BCUT2D eigenvalue weighted by molar-refractivity contribution is 6.15. The van der Waals surface area contributed by atoms with Gasteiger partial charge in [0.2, 0.25) is 0 Å². The second kappa shape index (κ2) is 6.83. The average Bonchev–Trinajstić information content (AvgIpc) is 3.22. The maximum Gasteiger partial charge on any atom is 0.144 e. The number of hydrogen-bond acceptors (Lipinski definition) is 3. The molecule has 0 saturated carbocycles. The van der Waals surface area contributed by atoms with E-state index in [9.17, 15) is 5.26 Å². The van der Waals surface area contributed by atoms with Crippen LogP contribution < -0.4 is 0 Å². The molecular formula is C28H16N2O. The SMILES string of the molecule is N#Cc1ccc2c(oc3c(-c4ccccn4)cccc32)c1-c1cccc2ccccc12. The van der Waals surface area contributed by atoms with E-state index in [0.29, 0.717) is 5.56 Å². The summed E-state index contributed by atoms with van der Waals surface area (Å²) < 4.78 is 6.52. The van der Waals surface area contributed by atoms with Gasteiger partial charge in [-0.15, -0.1) is 0 Å². The molecule has 0 amide bonds. The largest absolute Gasteiger partial charge is 0.455 e. The first-order valence-electron chi connectivity index (χ1n) is 10.1. The van der Waals surface area contributed by atoms with Gasteiger partial charge in [0.1, 0.15) is 11.2 Å². The van der Waals surface area contributed by atoms with E-state index in [1.165, 1.54) is 0 Å². The first-order chi connectivity index (χ1) is 15.3. The van der Waals surface area contributed by atoms with Gasteiger partial charge in [-0.3, -0.25) is 4.98 Å². The molecule has 0 atom stereocenters. The average molecular weight is 396 g/mol. The van der Waals surface area contributed by atoms with Crippen molar-refractivity contribution in [2.75, 3.05) is 0 Å². The minimum Gasteiger partial charge on any atom is -0.455 e. The molecular weight excluding hydrogens is 380 g/mol. The lowest BCUT2D eigenvalue weighted by atomic mass is 9.93. The summed E-state index contributed by atoms with van der Waals surface area (Å²) in [7, 11) is 0. The molecule has 0 radical (unpaired) electrons. The first-order valence-corrected chi connectivity index (χ1v) is 10.1. The molecule has 6 aromatic rings. The number of pyridine rings is 1. The molecule has 2 aromatic heterocycles. The Morgan fingerprint density at radius 1 is 0.645 bits per heavy atom. The number of aromatic nitrogens is 1. The van der Waals surface area contributed by atoms with Gasteiger partial charge in [0.05, 0.1) is 17.3 Å². The molecule has 0 aliphatic carbocycles. The van der Waals surface area contributed by atoms with Crippen LogP contribution in [0.2, 0.25) is 0 Å². The van der Waals surface area contributed by atoms with E-state index >= 15 is 0 Å². The normalized spacial score (nSPS) is 11.2. The Hall–Kier alpha value is -4.42. The van der Waals surface area contributed by atoms with Gasteiger partial charge in [0.15, 0.2) is 0 Å². The lowest BCUT2D eigenvalue weighted by Gasteiger charge is -2.09. The topological polar surface area (TPSA) is 49.8 Å². The van der Waals surface area contributed by atoms with Crippen molar-refractivity contribution in [2.24, 2.45) is 0 Å². The lowest BCUT2D eigenvalue weighted by molar-refractivity contribution is 0.671. The molecule has 31 heavy (non-hydrogen) atoms. The van der Waals surface area contributed by atoms with Crippen LogP contribution in [0.5, 0.6) is 0 Å². The third-order valence-electron chi connectivity index (χ3n) is 5.79. The first kappa shape index (κ1) is 17.4. The summed E-state index contributed by atoms with van der Waals surface area (Å²) in [5.41, 5.74) is 5.75. The van der Waals surface area contributed by atoms with Gasteiger partial charge in [0, 0.05) is 28.1 Å². The predicted molar refractivity (Wildman–Crippen MR) is 125 cm³/mol. The van der Waals surface area contributed by atoms with Crippen molar-refractivity contribution in [1.29, 1.82) is 5.26 Å². The van der Waals surface area contributed by atoms with E-state index in [0.717, 1.165) is 55.1 Å². The van der Waals surface area contributed by atoms with E-state index in [-0.39, 0.29) is 0 Å². The van der Waals surface area contributed by atoms with E-state index in [4.69, 9.17) is 4.42 Å². The summed E-state index contributed by atoms with van der Waals surface area (Å²) in [5.74, 6) is 0. The maximum atomic E-state index is 9.92. The van der Waals surface area contributed by atoms with Crippen molar-refractivity contribution in [3.8, 4) is 28.5 Å². The minimum atomic E-state index is 0.599. The van der Waals surface area contributed by atoms with E-state index in [1.807, 2.05) is 60.7 Å². The molecule has 0 saturated heterocycles. The number of nitrogens with zero attached hydrogens (tertiary/aromatic N) is 2. The molecule has 2 heterocycles. The highest BCUT2D eigenvalue weighted by Gasteiger charge is 2.19. The summed E-state index contributed by atoms with van der Waals surface area (Å²) in [6.45, 7) is 0. The van der Waals surface area contributed by atoms with Crippen molar-refractivity contribution < 1.29 is 4.42 Å². The van der Waals surface area contributed by atoms with Crippen LogP contribution in [-0.4, -0.2) is 4.98 Å². The van der Waals surface area contributed by atoms with Crippen LogP contribution in [0.4, 0.5) is 0 Å². The molecule has 144 valence electrons. The van der Waals surface area contributed by atoms with Crippen molar-refractivity contribution in [2.45, 2.75) is 0 Å². The lowest BCUT2D eigenvalue weighted by Crippen LogP contribution is -1.87. The minimum absolute atomic E-state index is 0.599. The van der Waals surface area contributed by atoms with Gasteiger partial charge >= 0.3 is 0 Å². The standard InChI is InChI=1S/C28H16N2O/c29-17-19-14-15-23-22-11-6-12-24(25-13-3-4-16-30-25)27(22)31-28(23)26(19)21-10-5-8-18-7-1-2-9-20(18)21/h1-16H. The summed E-state index contributed by atoms with van der Waals surface area (Å²) in [4.78, 5) is 4.51. The highest BCUT2D eigenvalue weighted by Crippen LogP contribution is 2.42. The quantitative estimate of drug-likeness (QED) is 0.308. The van der Waals surface area contributed by atoms with E-state index in [2.05, 4.69) is 41.4 Å². The third kappa shape index (κ3) is 2.63. The number of furan rings is 1. The van der Waals surface area contributed by atoms with Crippen LogP contribution in [0.1, 0.15) is 5.56 Å². The summed E-state index contributed by atoms with van der Waals surface area (Å²) >= 11 is 0. The maximum absolute atomic E-state index is 9.92. The zero-order valence-corrected chi connectivity index (χ0v) is 16.5. The number of nitriles is 1. The Morgan fingerprint density at radius 2 is 1.39 bits per heavy atom. The molecule has 0 N–H and O–H groups in total. The molecule has 0 aliphatic heterocycles. The summed E-state index contributed by atoms with van der Waals surface area (Å²) in [5, 5.41) is 14.2. The van der Waals surface area contributed by atoms with Crippen LogP contribution in [0.25, 0.3) is 55.1 Å². The van der Waals surface area contributed by atoms with E-state index < -0.39 is 0 Å². The number of benzene rings is 4. The van der Waals surface area contributed by atoms with Crippen molar-refractivity contribution >= 4 is 32.7 Å². The Bertz CT molecular complexity index is 1630. The van der Waals surface area contributed by atoms with Crippen LogP contribution in [0, 0.1) is 11.3 Å². The molecule has 0 bridgehead atoms. The molecule has 3 heteroatoms. The molecule has 4 aromatic carbocycles. The predicted octanol–water partition coefficient (Wildman–Crippen LogP) is 7.34. The fraction of sp³-hybridized carbons (Fsp3) is 0. The summed E-state index contributed by atoms with van der Waals surface area (Å²) in [6.07, 6.45) is 1.78. The molecule has 3 nitrogen and oxygen atoms in total. The van der Waals surface area contributed by atoms with Gasteiger partial charge in [-0.25, -0.2) is 0 Å². The van der Waals surface area contributed by atoms with Gasteiger partial charge in [-0.2, -0.15) is 5.26 Å². The zero-order chi connectivity index (χ0) is 20.8. The molecule has 0 spiro atoms. The zero-order valence-electron chi connectivity index (χ0n) is 16.5. The summed E-state index contributed by atoms with van der Waals surface area (Å²) in [6, 6.07) is 32.6. The Kier molecular flexibility index (Phi) is 3.84. The van der Waals surface area contributed by atoms with Gasteiger partial charge in [-0.1, -0.05) is 60.7 Å². The second-order valence-electron chi connectivity index (χ2n) is 7.50. The number of fused-ring (bicyclic) bond motifs is 4. The van der Waals surface area contributed by atoms with Crippen molar-refractivity contribution in [3.05, 3.63) is 103 Å². The third-order valence-corrected chi connectivity index (χ3v) is 5.79. The number of rotatable bonds is 2. The van der Waals surface area contributed by atoms with Crippen LogP contribution in [0.15, 0.2) is 102 Å². The fourth-order valence-electron chi connectivity index (χ4n) is 4.39. The second-order valence-corrected chi connectivity index (χ2v) is 7.50. The fourth-order valence-corrected chi connectivity index (χ4v) is 4.39. The Morgan fingerprint density at radius 3 is 2.26 bits per heavy atom. The number of hydrogen-bond donors (Lipinski definition) is 0. The molecule has 0 aliphatic rings. The van der Waals surface area contributed by atoms with Crippen LogP contribution in [0.3, 0.4) is 0 Å². The van der Waals surface area contributed by atoms with Crippen LogP contribution >= 0.6 is 0 Å². The monoisotopic (exact) mass is 396 g/mol. The smallest absolute Gasteiger partial charge is 0.144 e. The van der Waals surface area contributed by atoms with Gasteiger partial charge in [-0.05, 0) is 46.7 Å². The molecule has 0 fully saturated rings. The highest BCUT2D eigenvalue weighted by atomic mass is 16.3. The Labute approximate surface area is 178 Å². The van der Waals surface area contributed by atoms with Gasteiger partial charge < -0.3 is 4.42 Å². The Balaban J connectivity index is 1.75. The molecule has 6 rings (SSSR count). The van der Waals surface area contributed by atoms with E-state index in [1.54, 1.807) is 6.20 Å².